The largest absolute Gasteiger partial charge is 0.494 e. The summed E-state index contributed by atoms with van der Waals surface area (Å²) in [5.41, 5.74) is 8.49. The molecule has 0 radical (unpaired) electrons. The Balaban J connectivity index is 1.21. The molecule has 5 nitrogen and oxygen atoms in total. The maximum Gasteiger partial charge on any atom is 0.494 e. The summed E-state index contributed by atoms with van der Waals surface area (Å²) in [5, 5.41) is 0. The molecule has 6 heteroatoms. The van der Waals surface area contributed by atoms with E-state index >= 15 is 0 Å². The van der Waals surface area contributed by atoms with Crippen LogP contribution in [0.5, 0.6) is 11.5 Å². The Bertz CT molecular complexity index is 2050. The first-order chi connectivity index (χ1) is 23.3. The Morgan fingerprint density at radius 3 is 1.65 bits per heavy atom. The highest BCUT2D eigenvalue weighted by atomic mass is 16.7. The van der Waals surface area contributed by atoms with Gasteiger partial charge in [0.15, 0.2) is 11.5 Å². The number of nitrogens with zero attached hydrogens (tertiary/aromatic N) is 2. The fraction of sp³-hybridized carbons (Fsp3) is 0.143. The van der Waals surface area contributed by atoms with E-state index in [-0.39, 0.29) is 0 Å². The quantitative estimate of drug-likeness (QED) is 0.171. The highest BCUT2D eigenvalue weighted by Gasteiger charge is 2.52. The molecule has 8 rings (SSSR count). The molecular weight excluding hydrogens is 591 g/mol. The molecule has 0 spiro atoms. The van der Waals surface area contributed by atoms with Crippen LogP contribution in [0.3, 0.4) is 0 Å². The third kappa shape index (κ3) is 5.33. The Morgan fingerprint density at radius 2 is 1.00 bits per heavy atom. The minimum atomic E-state index is -0.491. The van der Waals surface area contributed by atoms with Crippen LogP contribution in [0.1, 0.15) is 27.7 Å². The van der Waals surface area contributed by atoms with Gasteiger partial charge in [-0.2, -0.15) is 0 Å². The van der Waals surface area contributed by atoms with Crippen molar-refractivity contribution < 1.29 is 14.0 Å². The number of anilines is 6. The monoisotopic (exact) mass is 628 g/mol. The summed E-state index contributed by atoms with van der Waals surface area (Å²) >= 11 is 0. The van der Waals surface area contributed by atoms with Crippen molar-refractivity contribution in [2.45, 2.75) is 38.9 Å². The SMILES string of the molecule is CC1(C)OB(c2ccc3c(c2)Oc2cc(N(c4ccccc4)c4ccc(-c5ccccc5)cc4)ccc2N3c2ccccc2)OC1(C)C. The maximum atomic E-state index is 6.79. The lowest BCUT2D eigenvalue weighted by molar-refractivity contribution is 0.00578. The van der Waals surface area contributed by atoms with Gasteiger partial charge >= 0.3 is 7.12 Å². The molecule has 0 unspecified atom stereocenters. The fourth-order valence-corrected chi connectivity index (χ4v) is 6.39. The number of hydrogen-bond acceptors (Lipinski definition) is 5. The second kappa shape index (κ2) is 11.7. The van der Waals surface area contributed by atoms with Crippen molar-refractivity contribution in [3.8, 4) is 22.6 Å². The molecule has 0 bridgehead atoms. The average Bonchev–Trinajstić information content (AvgIpc) is 3.34. The Morgan fingerprint density at radius 1 is 0.500 bits per heavy atom. The zero-order valence-corrected chi connectivity index (χ0v) is 27.6. The number of fused-ring (bicyclic) bond motifs is 2. The van der Waals surface area contributed by atoms with Crippen LogP contribution < -0.4 is 20.0 Å². The van der Waals surface area contributed by atoms with Gasteiger partial charge in [0.1, 0.15) is 0 Å². The lowest BCUT2D eigenvalue weighted by Gasteiger charge is -2.34. The third-order valence-corrected chi connectivity index (χ3v) is 9.67. The van der Waals surface area contributed by atoms with Gasteiger partial charge in [0.05, 0.1) is 22.6 Å². The Hall–Kier alpha value is -5.30. The van der Waals surface area contributed by atoms with Gasteiger partial charge in [-0.05, 0) is 105 Å². The molecule has 0 atom stereocenters. The second-order valence-electron chi connectivity index (χ2n) is 13.3. The van der Waals surface area contributed by atoms with Gasteiger partial charge in [-0.3, -0.25) is 0 Å². The van der Waals surface area contributed by atoms with Crippen molar-refractivity contribution in [2.24, 2.45) is 0 Å². The van der Waals surface area contributed by atoms with Crippen molar-refractivity contribution in [3.05, 3.63) is 152 Å². The van der Waals surface area contributed by atoms with E-state index in [1.165, 1.54) is 11.1 Å². The van der Waals surface area contributed by atoms with Crippen LogP contribution >= 0.6 is 0 Å². The molecule has 6 aromatic carbocycles. The van der Waals surface area contributed by atoms with E-state index in [0.29, 0.717) is 0 Å². The third-order valence-electron chi connectivity index (χ3n) is 9.67. The first-order valence-electron chi connectivity index (χ1n) is 16.4. The normalized spacial score (nSPS) is 15.8. The molecule has 2 aliphatic heterocycles. The molecular formula is C42H37BN2O3. The van der Waals surface area contributed by atoms with Gasteiger partial charge < -0.3 is 23.8 Å². The molecule has 1 fully saturated rings. The molecule has 0 N–H and O–H groups in total. The summed E-state index contributed by atoms with van der Waals surface area (Å²) in [6.07, 6.45) is 0. The number of benzene rings is 6. The highest BCUT2D eigenvalue weighted by Crippen LogP contribution is 2.52. The van der Waals surface area contributed by atoms with E-state index in [9.17, 15) is 0 Å². The maximum absolute atomic E-state index is 6.79. The van der Waals surface area contributed by atoms with Crippen LogP contribution in [0.4, 0.5) is 34.1 Å². The molecule has 236 valence electrons. The van der Waals surface area contributed by atoms with Crippen LogP contribution in [0, 0.1) is 0 Å². The number of rotatable bonds is 6. The van der Waals surface area contributed by atoms with Gasteiger partial charge in [0, 0.05) is 28.8 Å². The van der Waals surface area contributed by atoms with Crippen LogP contribution in [-0.4, -0.2) is 18.3 Å². The molecule has 1 saturated heterocycles. The van der Waals surface area contributed by atoms with Gasteiger partial charge in [-0.1, -0.05) is 84.9 Å². The highest BCUT2D eigenvalue weighted by molar-refractivity contribution is 6.62. The van der Waals surface area contributed by atoms with E-state index in [4.69, 9.17) is 14.0 Å². The summed E-state index contributed by atoms with van der Waals surface area (Å²) in [6.45, 7) is 8.30. The van der Waals surface area contributed by atoms with Crippen LogP contribution in [-0.2, 0) is 9.31 Å². The number of ether oxygens (including phenoxy) is 1. The lowest BCUT2D eigenvalue weighted by atomic mass is 9.79. The molecule has 2 aliphatic rings. The van der Waals surface area contributed by atoms with E-state index in [0.717, 1.165) is 51.1 Å². The van der Waals surface area contributed by atoms with Crippen LogP contribution in [0.25, 0.3) is 11.1 Å². The number of para-hydroxylation sites is 2. The standard InChI is InChI=1S/C42H37BN2O3/c1-41(2)42(3,4)48-43(47-41)32-22-26-37-39(28-32)46-40-29-36(25-27-38(40)45(37)34-18-12-7-13-19-34)44(33-16-10-6-11-17-33)35-23-20-31(21-24-35)30-14-8-5-9-15-30/h5-29H,1-4H3. The summed E-state index contributed by atoms with van der Waals surface area (Å²) < 4.78 is 19.6. The molecule has 0 aliphatic carbocycles. The fourth-order valence-electron chi connectivity index (χ4n) is 6.39. The lowest BCUT2D eigenvalue weighted by Crippen LogP contribution is -2.41. The van der Waals surface area contributed by atoms with Gasteiger partial charge in [0.2, 0.25) is 0 Å². The average molecular weight is 629 g/mol. The zero-order chi connectivity index (χ0) is 32.9. The molecule has 0 saturated carbocycles. The molecule has 6 aromatic rings. The van der Waals surface area contributed by atoms with Crippen molar-refractivity contribution in [3.63, 3.8) is 0 Å². The minimum absolute atomic E-state index is 0.438. The predicted molar refractivity (Wildman–Crippen MR) is 197 cm³/mol. The van der Waals surface area contributed by atoms with Crippen molar-refractivity contribution >= 4 is 46.7 Å². The molecule has 48 heavy (non-hydrogen) atoms. The van der Waals surface area contributed by atoms with Gasteiger partial charge in [0.25, 0.3) is 0 Å². The summed E-state index contributed by atoms with van der Waals surface area (Å²) in [5.74, 6) is 1.51. The van der Waals surface area contributed by atoms with Gasteiger partial charge in [-0.15, -0.1) is 0 Å². The Labute approximate surface area is 283 Å². The first kappa shape index (κ1) is 30.1. The van der Waals surface area contributed by atoms with Crippen molar-refractivity contribution in [1.29, 1.82) is 0 Å². The van der Waals surface area contributed by atoms with Crippen LogP contribution in [0.15, 0.2) is 152 Å². The molecule has 2 heterocycles. The predicted octanol–water partition coefficient (Wildman–Crippen LogP) is 10.7. The van der Waals surface area contributed by atoms with Crippen LogP contribution in [0.2, 0.25) is 0 Å². The zero-order valence-electron chi connectivity index (χ0n) is 27.6. The summed E-state index contributed by atoms with van der Waals surface area (Å²) in [4.78, 5) is 4.52. The van der Waals surface area contributed by atoms with Gasteiger partial charge in [-0.25, -0.2) is 0 Å². The van der Waals surface area contributed by atoms with E-state index in [1.807, 2.05) is 18.2 Å². The van der Waals surface area contributed by atoms with E-state index in [1.54, 1.807) is 0 Å². The van der Waals surface area contributed by atoms with E-state index in [2.05, 4.69) is 171 Å². The number of hydrogen-bond donors (Lipinski definition) is 0. The van der Waals surface area contributed by atoms with Crippen molar-refractivity contribution in [1.82, 2.24) is 0 Å². The van der Waals surface area contributed by atoms with Crippen molar-refractivity contribution in [2.75, 3.05) is 9.80 Å². The minimum Gasteiger partial charge on any atom is -0.453 e. The smallest absolute Gasteiger partial charge is 0.453 e. The summed E-state index contributed by atoms with van der Waals surface area (Å²) in [7, 11) is -0.491. The Kier molecular flexibility index (Phi) is 7.36. The summed E-state index contributed by atoms with van der Waals surface area (Å²) in [6, 6.07) is 52.7. The van der Waals surface area contributed by atoms with E-state index < -0.39 is 18.3 Å². The second-order valence-corrected chi connectivity index (χ2v) is 13.3. The topological polar surface area (TPSA) is 34.2 Å². The molecule has 0 aromatic heterocycles. The molecule has 0 amide bonds. The first-order valence-corrected chi connectivity index (χ1v) is 16.4.